The van der Waals surface area contributed by atoms with Crippen LogP contribution >= 0.6 is 0 Å². The zero-order chi connectivity index (χ0) is 20.1. The molecule has 6 heteroatoms. The van der Waals surface area contributed by atoms with E-state index in [1.165, 1.54) is 23.2 Å². The quantitative estimate of drug-likeness (QED) is 0.762. The summed E-state index contributed by atoms with van der Waals surface area (Å²) in [5, 5.41) is 5.72. The molecule has 1 unspecified atom stereocenters. The van der Waals surface area contributed by atoms with Gasteiger partial charge >= 0.3 is 11.8 Å². The van der Waals surface area contributed by atoms with E-state index in [1.807, 2.05) is 14.1 Å². The van der Waals surface area contributed by atoms with E-state index in [1.54, 1.807) is 0 Å². The summed E-state index contributed by atoms with van der Waals surface area (Å²) in [5.74, 6) is -1.04. The Balaban J connectivity index is 1.60. The predicted octanol–water partition coefficient (Wildman–Crippen LogP) is 2.24. The van der Waals surface area contributed by atoms with Gasteiger partial charge in [0.05, 0.1) is 6.04 Å². The molecule has 6 nitrogen and oxygen atoms in total. The molecule has 2 amide bonds. The Kier molecular flexibility index (Phi) is 6.94. The van der Waals surface area contributed by atoms with Gasteiger partial charge in [0.25, 0.3) is 0 Å². The second-order valence-electron chi connectivity index (χ2n) is 8.41. The van der Waals surface area contributed by atoms with Crippen molar-refractivity contribution in [2.75, 3.05) is 39.1 Å². The van der Waals surface area contributed by atoms with Crippen LogP contribution < -0.4 is 15.5 Å². The van der Waals surface area contributed by atoms with Crippen LogP contribution in [0.2, 0.25) is 0 Å². The summed E-state index contributed by atoms with van der Waals surface area (Å²) in [5.41, 5.74) is 3.83. The van der Waals surface area contributed by atoms with Gasteiger partial charge in [0, 0.05) is 31.9 Å². The maximum atomic E-state index is 12.3. The lowest BCUT2D eigenvalue weighted by Crippen LogP contribution is -2.46. The molecule has 1 heterocycles. The largest absolute Gasteiger partial charge is 0.374 e. The van der Waals surface area contributed by atoms with Gasteiger partial charge in [0.1, 0.15) is 0 Å². The van der Waals surface area contributed by atoms with Crippen LogP contribution in [-0.2, 0) is 16.0 Å². The molecule has 1 aromatic rings. The van der Waals surface area contributed by atoms with Crippen molar-refractivity contribution in [1.29, 1.82) is 0 Å². The van der Waals surface area contributed by atoms with E-state index in [2.05, 4.69) is 45.7 Å². The fourth-order valence-corrected chi connectivity index (χ4v) is 4.38. The van der Waals surface area contributed by atoms with Gasteiger partial charge in [0.2, 0.25) is 0 Å². The molecule has 1 aromatic carbocycles. The van der Waals surface area contributed by atoms with Crippen molar-refractivity contribution in [3.05, 3.63) is 29.3 Å². The number of fused-ring (bicyclic) bond motifs is 1. The molecule has 1 fully saturated rings. The lowest BCUT2D eigenvalue weighted by Gasteiger charge is -2.30. The Morgan fingerprint density at radius 3 is 2.61 bits per heavy atom. The minimum absolute atomic E-state index is 0.0314. The Bertz CT molecular complexity index is 698. The van der Waals surface area contributed by atoms with Crippen LogP contribution in [0.1, 0.15) is 55.7 Å². The highest BCUT2D eigenvalue weighted by Crippen LogP contribution is 2.29. The molecule has 0 bridgehead atoms. The number of amides is 2. The first kappa shape index (κ1) is 20.6. The van der Waals surface area contributed by atoms with E-state index < -0.39 is 11.8 Å². The van der Waals surface area contributed by atoms with Crippen LogP contribution in [0.4, 0.5) is 5.69 Å². The summed E-state index contributed by atoms with van der Waals surface area (Å²) in [6.07, 6.45) is 7.68. The number of nitrogens with one attached hydrogen (secondary N) is 2. The average molecular weight is 387 g/mol. The summed E-state index contributed by atoms with van der Waals surface area (Å²) in [4.78, 5) is 28.9. The van der Waals surface area contributed by atoms with Crippen LogP contribution in [0.3, 0.4) is 0 Å². The molecule has 154 valence electrons. The second-order valence-corrected chi connectivity index (χ2v) is 8.41. The van der Waals surface area contributed by atoms with Gasteiger partial charge < -0.3 is 20.4 Å². The third-order valence-electron chi connectivity index (χ3n) is 6.07. The summed E-state index contributed by atoms with van der Waals surface area (Å²) < 4.78 is 0. The third kappa shape index (κ3) is 5.04. The first-order chi connectivity index (χ1) is 13.5. The summed E-state index contributed by atoms with van der Waals surface area (Å²) in [6.45, 7) is 1.51. The normalized spacial score (nSPS) is 18.5. The van der Waals surface area contributed by atoms with Crippen molar-refractivity contribution in [2.45, 2.75) is 57.0 Å². The molecule has 1 atom stereocenters. The Labute approximate surface area is 168 Å². The standard InChI is InChI=1S/C22H34N4O2/c1-25(2)20(17-11-12-19-16(14-17)8-7-13-26(19)3)15-23-21(27)22(28)24-18-9-5-4-6-10-18/h11-12,14,18,20H,4-10,13,15H2,1-3H3,(H,23,27)(H,24,28). The predicted molar refractivity (Wildman–Crippen MR) is 112 cm³/mol. The zero-order valence-electron chi connectivity index (χ0n) is 17.5. The molecular weight excluding hydrogens is 352 g/mol. The zero-order valence-corrected chi connectivity index (χ0v) is 17.5. The van der Waals surface area contributed by atoms with Crippen molar-refractivity contribution < 1.29 is 9.59 Å². The van der Waals surface area contributed by atoms with Gasteiger partial charge in [-0.25, -0.2) is 0 Å². The summed E-state index contributed by atoms with van der Waals surface area (Å²) in [6, 6.07) is 6.75. The summed E-state index contributed by atoms with van der Waals surface area (Å²) >= 11 is 0. The maximum Gasteiger partial charge on any atom is 0.309 e. The van der Waals surface area contributed by atoms with E-state index in [0.717, 1.165) is 45.1 Å². The monoisotopic (exact) mass is 386 g/mol. The minimum atomic E-state index is -0.532. The number of carbonyl (C=O) groups is 2. The first-order valence-electron chi connectivity index (χ1n) is 10.5. The fraction of sp³-hybridized carbons (Fsp3) is 0.636. The first-order valence-corrected chi connectivity index (χ1v) is 10.5. The highest BCUT2D eigenvalue weighted by atomic mass is 16.2. The number of aryl methyl sites for hydroxylation is 1. The molecule has 2 aliphatic rings. The fourth-order valence-electron chi connectivity index (χ4n) is 4.38. The van der Waals surface area contributed by atoms with E-state index in [-0.39, 0.29) is 12.1 Å². The number of likely N-dealkylation sites (N-methyl/N-ethyl adjacent to an activating group) is 1. The Morgan fingerprint density at radius 2 is 1.89 bits per heavy atom. The van der Waals surface area contributed by atoms with Gasteiger partial charge in [-0.05, 0) is 57.0 Å². The van der Waals surface area contributed by atoms with Crippen molar-refractivity contribution in [1.82, 2.24) is 15.5 Å². The van der Waals surface area contributed by atoms with E-state index in [9.17, 15) is 9.59 Å². The Morgan fingerprint density at radius 1 is 1.14 bits per heavy atom. The molecular formula is C22H34N4O2. The molecule has 0 spiro atoms. The lowest BCUT2D eigenvalue weighted by molar-refractivity contribution is -0.139. The molecule has 0 radical (unpaired) electrons. The second kappa shape index (κ2) is 9.41. The molecule has 0 aromatic heterocycles. The number of carbonyl (C=O) groups excluding carboxylic acids is 2. The van der Waals surface area contributed by atoms with Crippen LogP contribution in [0.5, 0.6) is 0 Å². The lowest BCUT2D eigenvalue weighted by atomic mass is 9.95. The molecule has 1 aliphatic heterocycles. The molecule has 1 saturated carbocycles. The molecule has 1 aliphatic carbocycles. The summed E-state index contributed by atoms with van der Waals surface area (Å²) in [7, 11) is 6.14. The van der Waals surface area contributed by atoms with Crippen LogP contribution in [0.25, 0.3) is 0 Å². The van der Waals surface area contributed by atoms with Crippen molar-refractivity contribution in [3.8, 4) is 0 Å². The number of rotatable bonds is 5. The number of anilines is 1. The van der Waals surface area contributed by atoms with Crippen molar-refractivity contribution >= 4 is 17.5 Å². The van der Waals surface area contributed by atoms with Gasteiger partial charge in [-0.2, -0.15) is 0 Å². The van der Waals surface area contributed by atoms with Crippen LogP contribution in [0.15, 0.2) is 18.2 Å². The molecule has 2 N–H and O–H groups in total. The minimum Gasteiger partial charge on any atom is -0.374 e. The van der Waals surface area contributed by atoms with Crippen molar-refractivity contribution in [3.63, 3.8) is 0 Å². The maximum absolute atomic E-state index is 12.3. The smallest absolute Gasteiger partial charge is 0.309 e. The highest BCUT2D eigenvalue weighted by molar-refractivity contribution is 6.35. The van der Waals surface area contributed by atoms with E-state index in [0.29, 0.717) is 6.54 Å². The topological polar surface area (TPSA) is 64.7 Å². The molecule has 0 saturated heterocycles. The highest BCUT2D eigenvalue weighted by Gasteiger charge is 2.23. The molecule has 3 rings (SSSR count). The number of benzene rings is 1. The molecule has 28 heavy (non-hydrogen) atoms. The van der Waals surface area contributed by atoms with Gasteiger partial charge in [0.15, 0.2) is 0 Å². The van der Waals surface area contributed by atoms with Gasteiger partial charge in [-0.1, -0.05) is 31.4 Å². The van der Waals surface area contributed by atoms with Crippen LogP contribution in [-0.4, -0.2) is 57.0 Å². The van der Waals surface area contributed by atoms with Crippen molar-refractivity contribution in [2.24, 2.45) is 0 Å². The number of hydrogen-bond donors (Lipinski definition) is 2. The average Bonchev–Trinajstić information content (AvgIpc) is 2.68. The van der Waals surface area contributed by atoms with E-state index in [4.69, 9.17) is 0 Å². The van der Waals surface area contributed by atoms with Gasteiger partial charge in [-0.15, -0.1) is 0 Å². The van der Waals surface area contributed by atoms with E-state index >= 15 is 0 Å². The third-order valence-corrected chi connectivity index (χ3v) is 6.07. The van der Waals surface area contributed by atoms with Gasteiger partial charge in [-0.3, -0.25) is 9.59 Å². The number of nitrogens with zero attached hydrogens (tertiary/aromatic N) is 2. The van der Waals surface area contributed by atoms with Crippen LogP contribution in [0, 0.1) is 0 Å². The number of hydrogen-bond acceptors (Lipinski definition) is 4. The SMILES string of the molecule is CN1CCCc2cc(C(CNC(=O)C(=O)NC3CCCCC3)N(C)C)ccc21. The Hall–Kier alpha value is -2.08.